The second-order valence-corrected chi connectivity index (χ2v) is 41.2. The van der Waals surface area contributed by atoms with Gasteiger partial charge >= 0.3 is 84.3 Å². The van der Waals surface area contributed by atoms with Gasteiger partial charge in [0.25, 0.3) is 0 Å². The van der Waals surface area contributed by atoms with Crippen LogP contribution in [0.3, 0.4) is 0 Å². The second kappa shape index (κ2) is 49.6. The standard InChI is InChI=1S/C25H27N5.C22H25N5.C21H27N5.C18H19N5.2C9H7N.C8H12N2.C4H4N2.4Pt/c1-24(2,3)20-14-19(27-28-20)21-16-10-7-6-9-15(16)13-18(26-21)22-17-11-8-12-25(4,5)23(17)30-29-22;1-6-14-12(2)18(25-24-14)15-8-7-9-16(23-15)19-17-13-10-11-22(5,21(13,3)4)20(17)27-26-19;1-7-15-14(6)20(25-23-15)16-9-8-10-17(22-16)21-19(13(4)5)18(24-26-21)11-12(2)3;1-3-13-11(2)17(22-20-13)15-9-6-10-16(19-15)18-12-7-4-5-8-14(12)21-23-18;2*1-2-4-9-7-10-6-5-8(9)3-1;1-8(2,3)7-4-5-9-10-6-7;1-2-6-4-3-5-1;;;;/h6-7,9-10,13-14H,8,11-12H2,1-5H3;7-9,13H,6,10-11H2,1-5H3;8-10,12-13H,7,11H2,1-6H3;6,9-10H,3-5,7-8H2,1-2H3;2*1-7H;4-6H,1-3H3;1-4H;;;;/q4*-2;;;;;4*+2. The van der Waals surface area contributed by atoms with Gasteiger partial charge in [0.05, 0.1) is 51.7 Å². The molecule has 1 fully saturated rings. The predicted molar refractivity (Wildman–Crippen MR) is 563 cm³/mol. The third kappa shape index (κ3) is 25.1. The van der Waals surface area contributed by atoms with Crippen molar-refractivity contribution in [2.24, 2.45) is 11.3 Å². The Balaban J connectivity index is 0.000000154. The number of benzene rings is 3. The summed E-state index contributed by atoms with van der Waals surface area (Å²) in [7, 11) is 0. The van der Waals surface area contributed by atoms with Gasteiger partial charge in [-0.25, -0.2) is 0 Å². The van der Waals surface area contributed by atoms with Gasteiger partial charge in [0.2, 0.25) is 0 Å². The maximum Gasteiger partial charge on any atom is 2.00 e. The van der Waals surface area contributed by atoms with E-state index in [2.05, 4.69) is 312 Å². The monoisotopic (exact) mass is 2660 g/mol. The summed E-state index contributed by atoms with van der Waals surface area (Å²) in [5.74, 6) is 1.41. The molecule has 0 radical (unpaired) electrons. The smallest absolute Gasteiger partial charge is 0.573 e. The van der Waals surface area contributed by atoms with E-state index in [0.717, 1.165) is 216 Å². The maximum absolute atomic E-state index is 5.06. The molecule has 3 aromatic carbocycles. The molecule has 0 amide bonds. The fourth-order valence-corrected chi connectivity index (χ4v) is 19.5. The Kier molecular flexibility index (Phi) is 38.3. The van der Waals surface area contributed by atoms with Crippen LogP contribution in [0.5, 0.6) is 0 Å². The van der Waals surface area contributed by atoms with Crippen LogP contribution in [0.15, 0.2) is 220 Å². The van der Waals surface area contributed by atoms with E-state index in [1.807, 2.05) is 128 Å². The summed E-state index contributed by atoms with van der Waals surface area (Å²) in [6, 6.07) is 53.0. The van der Waals surface area contributed by atoms with Crippen molar-refractivity contribution < 1.29 is 84.3 Å². The first-order valence-corrected chi connectivity index (χ1v) is 49.8. The summed E-state index contributed by atoms with van der Waals surface area (Å²) in [6.07, 6.45) is 31.3. The van der Waals surface area contributed by atoms with E-state index >= 15 is 0 Å². The van der Waals surface area contributed by atoms with Crippen molar-refractivity contribution in [2.75, 3.05) is 0 Å². The molecule has 762 valence electrons. The molecule has 4 aliphatic carbocycles. The normalized spacial score (nSPS) is 14.7. The minimum absolute atomic E-state index is 0. The summed E-state index contributed by atoms with van der Waals surface area (Å²) < 4.78 is 0. The summed E-state index contributed by atoms with van der Waals surface area (Å²) >= 11 is 0. The summed E-state index contributed by atoms with van der Waals surface area (Å²) in [4.78, 5) is 35.1. The van der Waals surface area contributed by atoms with Crippen molar-refractivity contribution >= 4 is 32.3 Å². The van der Waals surface area contributed by atoms with Gasteiger partial charge in [0, 0.05) is 123 Å². The van der Waals surface area contributed by atoms with Crippen LogP contribution in [0.1, 0.15) is 265 Å². The van der Waals surface area contributed by atoms with Gasteiger partial charge < -0.3 is 81.6 Å². The number of hydrogen-bond donors (Lipinski definition) is 0. The molecule has 0 spiro atoms. The topological polar surface area (TPSA) is 345 Å². The van der Waals surface area contributed by atoms with Crippen molar-refractivity contribution in [1.29, 1.82) is 0 Å². The molecule has 16 aromatic heterocycles. The van der Waals surface area contributed by atoms with Crippen LogP contribution < -0.4 is 40.8 Å². The van der Waals surface area contributed by atoms with Gasteiger partial charge in [-0.15, -0.1) is 0 Å². The van der Waals surface area contributed by atoms with Crippen molar-refractivity contribution in [2.45, 2.75) is 262 Å². The largest absolute Gasteiger partial charge is 2.00 e. The first-order valence-electron chi connectivity index (χ1n) is 49.8. The zero-order valence-electron chi connectivity index (χ0n) is 87.1. The number of aromatic nitrogens is 26. The van der Waals surface area contributed by atoms with Crippen LogP contribution in [0.2, 0.25) is 0 Å². The minimum Gasteiger partial charge on any atom is -0.573 e. The number of hydrogen-bond acceptors (Lipinski definition) is 18. The molecular weight excluding hydrogens is 2540 g/mol. The number of fused-ring (bicyclic) bond motifs is 10. The minimum atomic E-state index is -0.0551. The molecule has 0 N–H and O–H groups in total. The second-order valence-electron chi connectivity index (χ2n) is 41.2. The Morgan fingerprint density at radius 3 is 1.32 bits per heavy atom. The molecule has 16 heterocycles. The number of pyridine rings is 6. The summed E-state index contributed by atoms with van der Waals surface area (Å²) in [6.45, 7) is 45.8. The Hall–Kier alpha value is -12.1. The third-order valence-electron chi connectivity index (χ3n) is 28.0. The third-order valence-corrected chi connectivity index (χ3v) is 28.0. The zero-order chi connectivity index (χ0) is 100. The molecule has 1 saturated carbocycles. The summed E-state index contributed by atoms with van der Waals surface area (Å²) in [5, 5.41) is 85.5. The van der Waals surface area contributed by atoms with Crippen LogP contribution in [0.4, 0.5) is 0 Å². The van der Waals surface area contributed by atoms with Gasteiger partial charge in [-0.1, -0.05) is 267 Å². The van der Waals surface area contributed by atoms with Crippen molar-refractivity contribution in [3.63, 3.8) is 0 Å². The molecule has 146 heavy (non-hydrogen) atoms. The first-order chi connectivity index (χ1) is 68.4. The van der Waals surface area contributed by atoms with Crippen molar-refractivity contribution in [3.05, 3.63) is 310 Å². The molecular formula is C116H128N26Pt4. The first kappa shape index (κ1) is 113. The van der Waals surface area contributed by atoms with Gasteiger partial charge in [0.15, 0.2) is 0 Å². The molecule has 26 nitrogen and oxygen atoms in total. The van der Waals surface area contributed by atoms with E-state index < -0.39 is 0 Å². The predicted octanol–water partition coefficient (Wildman–Crippen LogP) is 23.2. The number of nitrogens with zero attached hydrogens (tertiary/aromatic N) is 26. The summed E-state index contributed by atoms with van der Waals surface area (Å²) in [5.41, 5.74) is 32.9. The molecule has 2 atom stereocenters. The molecule has 2 unspecified atom stereocenters. The molecule has 23 rings (SSSR count). The Bertz CT molecular complexity index is 7240. The molecule has 0 saturated heterocycles. The average molecular weight is 2670 g/mol. The number of aryl methyl sites for hydroxylation is 4. The van der Waals surface area contributed by atoms with Crippen LogP contribution in [0.25, 0.3) is 123 Å². The fourth-order valence-electron chi connectivity index (χ4n) is 19.5. The molecule has 19 aromatic rings. The molecule has 2 bridgehead atoms. The van der Waals surface area contributed by atoms with E-state index in [4.69, 9.17) is 19.9 Å². The Labute approximate surface area is 915 Å². The maximum atomic E-state index is 5.06. The fraction of sp³-hybridized carbons (Fsp3) is 0.362. The van der Waals surface area contributed by atoms with Gasteiger partial charge in [-0.2, -0.15) is 10.2 Å². The average Bonchev–Trinajstić information content (AvgIpc) is 1.52. The SMILES string of the molecule is CC(C)(C)c1cc(-c2nc(-c3[n-]nc4c3CCCC4(C)C)cc3ccccc23)[n-]n1.CC(C)(C)c1ccnnc1.CCc1n[n-]c(-c2cccc(-c3[n-]nc(CC(C)C)c3C(C)C)n2)c1C.CCc1n[n-]c(-c2cccc(-c3[n-]nc4c3C3CCC4(C)C3(C)C)n2)c1C.CCc1n[n-]c(-c2cccc(-c3[n-]nc4c3CCCC4)n2)c1C.[Pt+2].[Pt+2].[Pt+2].[Pt+2].c1ccc2cnccc2c1.c1ccc2cnccc2c1.c1cnccn1. The van der Waals surface area contributed by atoms with Crippen LogP contribution in [0, 0.1) is 32.1 Å². The quantitative estimate of drug-likeness (QED) is 0.0976. The van der Waals surface area contributed by atoms with Gasteiger partial charge in [-0.3, -0.25) is 39.9 Å². The Morgan fingerprint density at radius 2 is 0.836 bits per heavy atom. The zero-order valence-corrected chi connectivity index (χ0v) is 96.2. The van der Waals surface area contributed by atoms with Crippen molar-refractivity contribution in [3.8, 4) is 91.1 Å². The number of rotatable bonds is 14. The van der Waals surface area contributed by atoms with Gasteiger partial charge in [0.1, 0.15) is 0 Å². The van der Waals surface area contributed by atoms with E-state index in [-0.39, 0.29) is 111 Å². The van der Waals surface area contributed by atoms with Crippen LogP contribution in [-0.2, 0) is 151 Å². The Morgan fingerprint density at radius 1 is 0.377 bits per heavy atom. The molecule has 0 aliphatic heterocycles. The van der Waals surface area contributed by atoms with E-state index in [1.54, 1.807) is 37.2 Å². The van der Waals surface area contributed by atoms with Gasteiger partial charge in [-0.05, 0) is 265 Å². The van der Waals surface area contributed by atoms with Crippen LogP contribution >= 0.6 is 0 Å². The van der Waals surface area contributed by atoms with Crippen molar-refractivity contribution in [1.82, 2.24) is 132 Å². The van der Waals surface area contributed by atoms with E-state index in [1.165, 1.54) is 80.7 Å². The van der Waals surface area contributed by atoms with E-state index in [9.17, 15) is 0 Å². The van der Waals surface area contributed by atoms with E-state index in [0.29, 0.717) is 17.8 Å². The van der Waals surface area contributed by atoms with Crippen LogP contribution in [-0.4, -0.2) is 90.9 Å². The molecule has 4 aliphatic rings. The molecule has 30 heteroatoms.